The molecule has 0 spiro atoms. The van der Waals surface area contributed by atoms with Crippen molar-refractivity contribution >= 4 is 34.4 Å². The van der Waals surface area contributed by atoms with Crippen molar-refractivity contribution in [2.45, 2.75) is 51.1 Å². The van der Waals surface area contributed by atoms with Gasteiger partial charge in [-0.05, 0) is 86.1 Å². The van der Waals surface area contributed by atoms with E-state index in [2.05, 4.69) is 51.1 Å². The van der Waals surface area contributed by atoms with Crippen LogP contribution >= 0.6 is 0 Å². The van der Waals surface area contributed by atoms with Crippen molar-refractivity contribution in [3.05, 3.63) is 135 Å². The number of nitrogens with zero attached hydrogens (tertiary/aromatic N) is 10. The molecule has 19 heteroatoms. The lowest BCUT2D eigenvalue weighted by molar-refractivity contribution is -0.134. The highest BCUT2D eigenvalue weighted by Gasteiger charge is 2.31. The molecule has 10 rings (SSSR count). The second-order valence-corrected chi connectivity index (χ2v) is 20.9. The van der Waals surface area contributed by atoms with Crippen molar-refractivity contribution in [2.75, 3.05) is 124 Å². The molecule has 4 amide bonds. The molecular formula is C56H69FN12O6. The Bertz CT molecular complexity index is 2850. The largest absolute Gasteiger partial charge is 0.378 e. The number of likely N-dealkylation sites (tertiary alicyclic amines) is 2. The molecule has 3 aromatic carbocycles. The Kier molecular flexibility index (Phi) is 16.9. The van der Waals surface area contributed by atoms with Crippen LogP contribution in [0.25, 0.3) is 10.8 Å². The van der Waals surface area contributed by atoms with E-state index in [1.807, 2.05) is 46.3 Å². The SMILES string of the molecule is O=C(NCCOCCN1CCN(CC2CCN(CC(=O)N3CCN(C(=O)c4cc(Cc5n[nH]c(=O)c6ccccc56)ccc4F)CC3)CC2)CC1)c1cccc([C@@H]2CCCN(C(=O)CN3Cc4cncnc4C3)C2)c1. The van der Waals surface area contributed by atoms with Crippen LogP contribution in [0.1, 0.15) is 80.4 Å². The third-order valence-corrected chi connectivity index (χ3v) is 15.9. The summed E-state index contributed by atoms with van der Waals surface area (Å²) in [5.41, 5.74) is 4.85. The minimum absolute atomic E-state index is 0.0109. The number of nitrogens with one attached hydrogen (secondary N) is 2. The first kappa shape index (κ1) is 52.0. The number of ether oxygens (including phenoxy) is 1. The van der Waals surface area contributed by atoms with Gasteiger partial charge >= 0.3 is 0 Å². The number of aromatic amines is 1. The van der Waals surface area contributed by atoms with Crippen LogP contribution in [0.5, 0.6) is 0 Å². The molecule has 4 saturated heterocycles. The second-order valence-electron chi connectivity index (χ2n) is 20.9. The van der Waals surface area contributed by atoms with Gasteiger partial charge in [-0.1, -0.05) is 36.4 Å². The average molecular weight is 1030 g/mol. The van der Waals surface area contributed by atoms with E-state index in [9.17, 15) is 24.0 Å². The van der Waals surface area contributed by atoms with E-state index in [1.54, 1.807) is 35.5 Å². The molecule has 7 heterocycles. The first-order valence-electron chi connectivity index (χ1n) is 26.8. The molecule has 5 aliphatic heterocycles. The summed E-state index contributed by atoms with van der Waals surface area (Å²) in [6, 6.07) is 19.5. The fraction of sp³-hybridized carbons (Fsp3) is 0.500. The van der Waals surface area contributed by atoms with Gasteiger partial charge in [0.25, 0.3) is 17.4 Å². The Labute approximate surface area is 437 Å². The lowest BCUT2D eigenvalue weighted by atomic mass is 9.89. The van der Waals surface area contributed by atoms with Crippen LogP contribution in [-0.4, -0.2) is 203 Å². The number of hydrogen-bond donors (Lipinski definition) is 2. The van der Waals surface area contributed by atoms with Crippen LogP contribution in [0.15, 0.2) is 84.0 Å². The second kappa shape index (κ2) is 24.4. The van der Waals surface area contributed by atoms with Crippen LogP contribution in [0.4, 0.5) is 4.39 Å². The molecule has 2 aromatic heterocycles. The van der Waals surface area contributed by atoms with Crippen molar-refractivity contribution < 1.29 is 28.3 Å². The molecule has 0 bridgehead atoms. The fourth-order valence-corrected chi connectivity index (χ4v) is 11.5. The van der Waals surface area contributed by atoms with Crippen molar-refractivity contribution in [2.24, 2.45) is 5.92 Å². The highest BCUT2D eigenvalue weighted by molar-refractivity contribution is 5.95. The van der Waals surface area contributed by atoms with Crippen LogP contribution < -0.4 is 10.9 Å². The average Bonchev–Trinajstić information content (AvgIpc) is 3.86. The summed E-state index contributed by atoms with van der Waals surface area (Å²) >= 11 is 0. The summed E-state index contributed by atoms with van der Waals surface area (Å²) in [6.45, 7) is 14.2. The summed E-state index contributed by atoms with van der Waals surface area (Å²) < 4.78 is 21.0. The zero-order valence-corrected chi connectivity index (χ0v) is 42.8. The number of carbonyl (C=O) groups excluding carboxylic acids is 4. The van der Waals surface area contributed by atoms with E-state index >= 15 is 4.39 Å². The number of fused-ring (bicyclic) bond motifs is 2. The summed E-state index contributed by atoms with van der Waals surface area (Å²) in [5.74, 6) is -0.134. The Hall–Kier alpha value is -6.51. The van der Waals surface area contributed by atoms with E-state index in [0.717, 1.165) is 101 Å². The molecule has 396 valence electrons. The van der Waals surface area contributed by atoms with Crippen LogP contribution in [0.2, 0.25) is 0 Å². The van der Waals surface area contributed by atoms with Gasteiger partial charge in [0, 0.05) is 133 Å². The lowest BCUT2D eigenvalue weighted by Gasteiger charge is -2.39. The van der Waals surface area contributed by atoms with Crippen molar-refractivity contribution in [3.63, 3.8) is 0 Å². The molecular weight excluding hydrogens is 956 g/mol. The highest BCUT2D eigenvalue weighted by atomic mass is 19.1. The number of carbonyl (C=O) groups is 4. The van der Waals surface area contributed by atoms with E-state index in [4.69, 9.17) is 4.74 Å². The van der Waals surface area contributed by atoms with E-state index in [0.29, 0.717) is 119 Å². The zero-order valence-electron chi connectivity index (χ0n) is 42.8. The lowest BCUT2D eigenvalue weighted by Crippen LogP contribution is -2.53. The van der Waals surface area contributed by atoms with E-state index in [-0.39, 0.29) is 34.8 Å². The molecule has 18 nitrogen and oxygen atoms in total. The maximum Gasteiger partial charge on any atom is 0.272 e. The number of halogens is 1. The number of hydrogen-bond acceptors (Lipinski definition) is 13. The van der Waals surface area contributed by atoms with Crippen molar-refractivity contribution in [1.82, 2.24) is 59.8 Å². The number of piperidine rings is 2. The molecule has 75 heavy (non-hydrogen) atoms. The normalized spacial score (nSPS) is 19.4. The molecule has 1 atom stereocenters. The van der Waals surface area contributed by atoms with Crippen LogP contribution in [0.3, 0.4) is 0 Å². The Morgan fingerprint density at radius 3 is 2.31 bits per heavy atom. The van der Waals surface area contributed by atoms with Crippen molar-refractivity contribution in [3.8, 4) is 0 Å². The zero-order chi connectivity index (χ0) is 51.7. The first-order chi connectivity index (χ1) is 36.6. The summed E-state index contributed by atoms with van der Waals surface area (Å²) in [5, 5.41) is 11.0. The number of piperazine rings is 2. The Morgan fingerprint density at radius 2 is 1.49 bits per heavy atom. The van der Waals surface area contributed by atoms with Gasteiger partial charge in [0.1, 0.15) is 12.1 Å². The minimum Gasteiger partial charge on any atom is -0.378 e. The van der Waals surface area contributed by atoms with Gasteiger partial charge < -0.3 is 29.7 Å². The smallest absolute Gasteiger partial charge is 0.272 e. The highest BCUT2D eigenvalue weighted by Crippen LogP contribution is 2.29. The summed E-state index contributed by atoms with van der Waals surface area (Å²) in [7, 11) is 0. The molecule has 0 radical (unpaired) electrons. The van der Waals surface area contributed by atoms with Crippen LogP contribution in [-0.2, 0) is 33.8 Å². The number of aromatic nitrogens is 4. The number of amides is 4. The maximum absolute atomic E-state index is 15.1. The third kappa shape index (κ3) is 13.1. The molecule has 0 saturated carbocycles. The summed E-state index contributed by atoms with van der Waals surface area (Å²) in [6.07, 6.45) is 7.73. The van der Waals surface area contributed by atoms with Gasteiger partial charge in [0.2, 0.25) is 11.8 Å². The minimum atomic E-state index is -0.595. The Balaban J connectivity index is 0.568. The molecule has 0 aliphatic carbocycles. The third-order valence-electron chi connectivity index (χ3n) is 15.9. The predicted molar refractivity (Wildman–Crippen MR) is 280 cm³/mol. The monoisotopic (exact) mass is 1020 g/mol. The van der Waals surface area contributed by atoms with Gasteiger partial charge in [-0.3, -0.25) is 38.7 Å². The quantitative estimate of drug-likeness (QED) is 0.130. The van der Waals surface area contributed by atoms with E-state index in [1.165, 1.54) is 6.07 Å². The fourth-order valence-electron chi connectivity index (χ4n) is 11.5. The molecule has 5 aromatic rings. The van der Waals surface area contributed by atoms with Gasteiger partial charge in [0.05, 0.1) is 48.6 Å². The van der Waals surface area contributed by atoms with E-state index < -0.39 is 11.7 Å². The summed E-state index contributed by atoms with van der Waals surface area (Å²) in [4.78, 5) is 89.0. The first-order valence-corrected chi connectivity index (χ1v) is 26.8. The molecule has 5 aliphatic rings. The number of H-pyrrole nitrogens is 1. The van der Waals surface area contributed by atoms with Crippen LogP contribution in [0, 0.1) is 11.7 Å². The van der Waals surface area contributed by atoms with Gasteiger partial charge in [0.15, 0.2) is 0 Å². The Morgan fingerprint density at radius 1 is 0.733 bits per heavy atom. The predicted octanol–water partition coefficient (Wildman–Crippen LogP) is 3.23. The molecule has 2 N–H and O–H groups in total. The van der Waals surface area contributed by atoms with Crippen molar-refractivity contribution in [1.29, 1.82) is 0 Å². The molecule has 4 fully saturated rings. The standard InChI is InChI=1S/C56H69FN12O6/c57-49-11-10-41(30-50-46-8-1-2-9-47(46)55(73)62-61-50)29-48(49)56(74)68-24-22-67(23-25-68)52(70)37-64-16-12-40(13-17-64)33-65-20-18-63(19-21-65)26-28-75-27-14-59-54(72)43-6-3-5-42(31-43)44-7-4-15-69(35-44)53(71)38-66-34-45-32-58-39-60-51(45)36-66/h1-3,5-6,8-11,29,31-32,39-40,44H,4,7,12-28,30,33-38H2,(H,59,72)(H,62,73)/t44-/m1/s1. The number of benzene rings is 3. The van der Waals surface area contributed by atoms with Gasteiger partial charge in [-0.25, -0.2) is 19.5 Å². The van der Waals surface area contributed by atoms with Gasteiger partial charge in [-0.15, -0.1) is 0 Å². The van der Waals surface area contributed by atoms with Gasteiger partial charge in [-0.2, -0.15) is 5.10 Å². The number of rotatable bonds is 17. The maximum atomic E-state index is 15.1. The topological polar surface area (TPSA) is 184 Å². The molecule has 0 unspecified atom stereocenters.